The van der Waals surface area contributed by atoms with Gasteiger partial charge in [-0.15, -0.1) is 0 Å². The minimum atomic E-state index is -1.21. The van der Waals surface area contributed by atoms with Crippen molar-refractivity contribution in [3.63, 3.8) is 0 Å². The van der Waals surface area contributed by atoms with E-state index in [1.54, 1.807) is 6.92 Å². The normalized spacial score (nSPS) is 20.6. The Labute approximate surface area is 110 Å². The van der Waals surface area contributed by atoms with Crippen LogP contribution in [0, 0.1) is 0 Å². The molecule has 1 rings (SSSR count). The zero-order chi connectivity index (χ0) is 14.4. The molecule has 1 fully saturated rings. The molecule has 0 radical (unpaired) electrons. The minimum Gasteiger partial charge on any atom is -0.480 e. The van der Waals surface area contributed by atoms with E-state index in [0.717, 1.165) is 0 Å². The third kappa shape index (κ3) is 3.82. The molecule has 1 aliphatic heterocycles. The Morgan fingerprint density at radius 3 is 2.79 bits per heavy atom. The largest absolute Gasteiger partial charge is 0.480 e. The first-order valence-electron chi connectivity index (χ1n) is 6.19. The summed E-state index contributed by atoms with van der Waals surface area (Å²) in [5.74, 6) is -1.45. The molecule has 1 aliphatic rings. The van der Waals surface area contributed by atoms with Gasteiger partial charge in [0.25, 0.3) is 0 Å². The van der Waals surface area contributed by atoms with E-state index >= 15 is 0 Å². The number of carbonyl (C=O) groups is 3. The molecule has 0 aromatic rings. The number of piperazine rings is 1. The standard InChI is InChI=1S/C11H19N3O5/c1-2-8-9(16)12-4-5-14(8)11(19)13-7(3-6-15)10(17)18/h7-8,15H,2-6H2,1H3,(H,12,16)(H,13,19)(H,17,18)/t7-,8?/m1/s1. The lowest BCUT2D eigenvalue weighted by atomic mass is 10.1. The van der Waals surface area contributed by atoms with E-state index in [1.807, 2.05) is 0 Å². The van der Waals surface area contributed by atoms with Crippen LogP contribution in [-0.2, 0) is 9.59 Å². The number of rotatable bonds is 5. The molecular weight excluding hydrogens is 254 g/mol. The van der Waals surface area contributed by atoms with E-state index in [9.17, 15) is 14.4 Å². The van der Waals surface area contributed by atoms with Gasteiger partial charge in [-0.05, 0) is 6.42 Å². The molecule has 0 bridgehead atoms. The summed E-state index contributed by atoms with van der Waals surface area (Å²) in [6.07, 6.45) is 0.384. The van der Waals surface area contributed by atoms with Gasteiger partial charge in [-0.3, -0.25) is 4.79 Å². The highest BCUT2D eigenvalue weighted by Gasteiger charge is 2.33. The molecule has 0 aromatic carbocycles. The summed E-state index contributed by atoms with van der Waals surface area (Å²) in [4.78, 5) is 35.8. The summed E-state index contributed by atoms with van der Waals surface area (Å²) in [7, 11) is 0. The van der Waals surface area contributed by atoms with Crippen molar-refractivity contribution in [2.24, 2.45) is 0 Å². The third-order valence-corrected chi connectivity index (χ3v) is 2.99. The molecule has 1 heterocycles. The maximum atomic E-state index is 12.0. The van der Waals surface area contributed by atoms with Crippen molar-refractivity contribution in [1.82, 2.24) is 15.5 Å². The lowest BCUT2D eigenvalue weighted by molar-refractivity contribution is -0.139. The number of carboxylic acids is 1. The molecule has 19 heavy (non-hydrogen) atoms. The predicted molar refractivity (Wildman–Crippen MR) is 65.5 cm³/mol. The summed E-state index contributed by atoms with van der Waals surface area (Å²) in [6, 6.07) is -2.33. The van der Waals surface area contributed by atoms with E-state index in [4.69, 9.17) is 10.2 Å². The Hall–Kier alpha value is -1.83. The number of urea groups is 1. The Kier molecular flexibility index (Phi) is 5.56. The van der Waals surface area contributed by atoms with Crippen molar-refractivity contribution in [3.8, 4) is 0 Å². The van der Waals surface area contributed by atoms with Crippen LogP contribution in [0.25, 0.3) is 0 Å². The van der Waals surface area contributed by atoms with Crippen LogP contribution >= 0.6 is 0 Å². The summed E-state index contributed by atoms with van der Waals surface area (Å²) in [6.45, 7) is 2.12. The van der Waals surface area contributed by atoms with Gasteiger partial charge in [0.05, 0.1) is 0 Å². The number of aliphatic carboxylic acids is 1. The molecule has 108 valence electrons. The topological polar surface area (TPSA) is 119 Å². The second kappa shape index (κ2) is 6.93. The van der Waals surface area contributed by atoms with E-state index in [0.29, 0.717) is 19.5 Å². The fraction of sp³-hybridized carbons (Fsp3) is 0.727. The Morgan fingerprint density at radius 1 is 1.58 bits per heavy atom. The number of hydrogen-bond donors (Lipinski definition) is 4. The van der Waals surface area contributed by atoms with Gasteiger partial charge < -0.3 is 25.7 Å². The molecule has 3 amide bonds. The quantitative estimate of drug-likeness (QED) is 0.498. The van der Waals surface area contributed by atoms with Gasteiger partial charge in [0.1, 0.15) is 12.1 Å². The molecule has 0 spiro atoms. The summed E-state index contributed by atoms with van der Waals surface area (Å²) >= 11 is 0. The molecular formula is C11H19N3O5. The minimum absolute atomic E-state index is 0.0715. The fourth-order valence-electron chi connectivity index (χ4n) is 1.98. The Morgan fingerprint density at radius 2 is 2.26 bits per heavy atom. The molecule has 2 atom stereocenters. The lowest BCUT2D eigenvalue weighted by Crippen LogP contribution is -2.60. The number of aliphatic hydroxyl groups is 1. The predicted octanol–water partition coefficient (Wildman–Crippen LogP) is -1.26. The Balaban J connectivity index is 2.69. The SMILES string of the molecule is CCC1C(=O)NCCN1C(=O)N[C@H](CCO)C(=O)O. The van der Waals surface area contributed by atoms with E-state index < -0.39 is 24.1 Å². The molecule has 8 heteroatoms. The molecule has 8 nitrogen and oxygen atoms in total. The van der Waals surface area contributed by atoms with Gasteiger partial charge in [-0.25, -0.2) is 9.59 Å². The maximum absolute atomic E-state index is 12.0. The first-order chi connectivity index (χ1) is 9.01. The first kappa shape index (κ1) is 15.2. The monoisotopic (exact) mass is 273 g/mol. The van der Waals surface area contributed by atoms with Crippen LogP contribution in [0.1, 0.15) is 19.8 Å². The van der Waals surface area contributed by atoms with Gasteiger partial charge >= 0.3 is 12.0 Å². The van der Waals surface area contributed by atoms with Crippen molar-refractivity contribution in [2.75, 3.05) is 19.7 Å². The highest BCUT2D eigenvalue weighted by molar-refractivity contribution is 5.89. The molecule has 0 aromatic heterocycles. The van der Waals surface area contributed by atoms with Crippen LogP contribution < -0.4 is 10.6 Å². The van der Waals surface area contributed by atoms with Gasteiger partial charge in [-0.2, -0.15) is 0 Å². The fourth-order valence-corrected chi connectivity index (χ4v) is 1.98. The van der Waals surface area contributed by atoms with Crippen LogP contribution in [-0.4, -0.2) is 64.8 Å². The van der Waals surface area contributed by atoms with Crippen LogP contribution in [0.2, 0.25) is 0 Å². The number of carboxylic acid groups (broad SMARTS) is 1. The molecule has 1 saturated heterocycles. The number of amides is 3. The van der Waals surface area contributed by atoms with Gasteiger partial charge in [0.15, 0.2) is 0 Å². The van der Waals surface area contributed by atoms with Crippen molar-refractivity contribution < 1.29 is 24.6 Å². The van der Waals surface area contributed by atoms with Crippen LogP contribution in [0.15, 0.2) is 0 Å². The van der Waals surface area contributed by atoms with Crippen LogP contribution in [0.4, 0.5) is 4.79 Å². The summed E-state index contributed by atoms with van der Waals surface area (Å²) < 4.78 is 0. The zero-order valence-electron chi connectivity index (χ0n) is 10.8. The molecule has 0 saturated carbocycles. The second-order valence-electron chi connectivity index (χ2n) is 4.26. The Bertz CT molecular complexity index is 360. The zero-order valence-corrected chi connectivity index (χ0v) is 10.8. The van der Waals surface area contributed by atoms with E-state index in [1.165, 1.54) is 4.90 Å². The van der Waals surface area contributed by atoms with Crippen molar-refractivity contribution in [1.29, 1.82) is 0 Å². The first-order valence-corrected chi connectivity index (χ1v) is 6.19. The van der Waals surface area contributed by atoms with Gasteiger partial charge in [-0.1, -0.05) is 6.92 Å². The number of hydrogen-bond acceptors (Lipinski definition) is 4. The average molecular weight is 273 g/mol. The number of nitrogens with zero attached hydrogens (tertiary/aromatic N) is 1. The number of nitrogens with one attached hydrogen (secondary N) is 2. The smallest absolute Gasteiger partial charge is 0.326 e. The van der Waals surface area contributed by atoms with Crippen molar-refractivity contribution in [3.05, 3.63) is 0 Å². The van der Waals surface area contributed by atoms with E-state index in [-0.39, 0.29) is 18.9 Å². The number of carbonyl (C=O) groups excluding carboxylic acids is 2. The average Bonchev–Trinajstić information content (AvgIpc) is 2.37. The van der Waals surface area contributed by atoms with Crippen molar-refractivity contribution >= 4 is 17.9 Å². The van der Waals surface area contributed by atoms with Crippen LogP contribution in [0.5, 0.6) is 0 Å². The summed E-state index contributed by atoms with van der Waals surface area (Å²) in [5.41, 5.74) is 0. The van der Waals surface area contributed by atoms with Gasteiger partial charge in [0, 0.05) is 26.1 Å². The number of aliphatic hydroxyl groups excluding tert-OH is 1. The summed E-state index contributed by atoms with van der Waals surface area (Å²) in [5, 5.41) is 22.6. The molecule has 1 unspecified atom stereocenters. The van der Waals surface area contributed by atoms with Crippen molar-refractivity contribution in [2.45, 2.75) is 31.8 Å². The highest BCUT2D eigenvalue weighted by atomic mass is 16.4. The highest BCUT2D eigenvalue weighted by Crippen LogP contribution is 2.09. The third-order valence-electron chi connectivity index (χ3n) is 2.99. The van der Waals surface area contributed by atoms with Crippen LogP contribution in [0.3, 0.4) is 0 Å². The van der Waals surface area contributed by atoms with Gasteiger partial charge in [0.2, 0.25) is 5.91 Å². The second-order valence-corrected chi connectivity index (χ2v) is 4.26. The maximum Gasteiger partial charge on any atom is 0.326 e. The molecule has 4 N–H and O–H groups in total. The van der Waals surface area contributed by atoms with E-state index in [2.05, 4.69) is 10.6 Å². The lowest BCUT2D eigenvalue weighted by Gasteiger charge is -2.35. The molecule has 0 aliphatic carbocycles.